The van der Waals surface area contributed by atoms with Gasteiger partial charge in [0.25, 0.3) is 5.91 Å². The molecule has 1 aromatic heterocycles. The number of hydrogen-bond donors (Lipinski definition) is 1. The summed E-state index contributed by atoms with van der Waals surface area (Å²) in [5.74, 6) is -0.0444. The maximum Gasteiger partial charge on any atom is 0.250 e. The fraction of sp³-hybridized carbons (Fsp3) is 0.538. The number of nitrogens with one attached hydrogen (secondary N) is 1. The zero-order chi connectivity index (χ0) is 12.8. The minimum Gasteiger partial charge on any atom is -0.366 e. The van der Waals surface area contributed by atoms with E-state index in [2.05, 4.69) is 22.1 Å². The van der Waals surface area contributed by atoms with Gasteiger partial charge in [-0.25, -0.2) is 0 Å². The maximum absolute atomic E-state index is 11.9. The molecule has 98 valence electrons. The van der Waals surface area contributed by atoms with Crippen LogP contribution in [0, 0.1) is 0 Å². The topological polar surface area (TPSA) is 54.5 Å². The van der Waals surface area contributed by atoms with E-state index in [1.54, 1.807) is 12.4 Å². The van der Waals surface area contributed by atoms with Crippen LogP contribution in [0.15, 0.2) is 24.5 Å². The highest BCUT2D eigenvalue weighted by Gasteiger charge is 2.25. The summed E-state index contributed by atoms with van der Waals surface area (Å²) in [4.78, 5) is 18.2. The van der Waals surface area contributed by atoms with Gasteiger partial charge < -0.3 is 10.1 Å². The molecule has 1 aliphatic heterocycles. The van der Waals surface area contributed by atoms with Crippen LogP contribution < -0.4 is 5.32 Å². The second kappa shape index (κ2) is 6.47. The van der Waals surface area contributed by atoms with E-state index in [4.69, 9.17) is 4.74 Å². The molecule has 1 atom stereocenters. The summed E-state index contributed by atoms with van der Waals surface area (Å²) in [5.41, 5.74) is 0.994. The van der Waals surface area contributed by atoms with E-state index in [0.29, 0.717) is 19.7 Å². The van der Waals surface area contributed by atoms with Gasteiger partial charge in [-0.3, -0.25) is 14.7 Å². The normalized spacial score (nSPS) is 20.6. The minimum atomic E-state index is -0.352. The average molecular weight is 249 g/mol. The highest BCUT2D eigenvalue weighted by Crippen LogP contribution is 2.05. The standard InChI is InChI=1S/C13H19N3O2/c1-2-16-6-7-18-12(10-16)13(17)15-9-11-4-3-5-14-8-11/h3-5,8,12H,2,6-7,9-10H2,1H3,(H,15,17). The van der Waals surface area contributed by atoms with Crippen LogP contribution in [0.3, 0.4) is 0 Å². The number of amides is 1. The summed E-state index contributed by atoms with van der Waals surface area (Å²) in [7, 11) is 0. The number of carbonyl (C=O) groups is 1. The second-order valence-electron chi connectivity index (χ2n) is 4.33. The zero-order valence-electron chi connectivity index (χ0n) is 10.6. The fourth-order valence-corrected chi connectivity index (χ4v) is 1.95. The molecule has 5 heteroatoms. The van der Waals surface area contributed by atoms with Gasteiger partial charge in [0.05, 0.1) is 6.61 Å². The Hall–Kier alpha value is -1.46. The Kier molecular flexibility index (Phi) is 4.66. The first-order chi connectivity index (χ1) is 8.79. The average Bonchev–Trinajstić information content (AvgIpc) is 2.46. The largest absolute Gasteiger partial charge is 0.366 e. The lowest BCUT2D eigenvalue weighted by atomic mass is 10.2. The van der Waals surface area contributed by atoms with E-state index < -0.39 is 0 Å². The first kappa shape index (κ1) is 13.0. The molecule has 0 bridgehead atoms. The number of hydrogen-bond acceptors (Lipinski definition) is 4. The molecule has 1 saturated heterocycles. The van der Waals surface area contributed by atoms with E-state index >= 15 is 0 Å². The van der Waals surface area contributed by atoms with Gasteiger partial charge in [-0.1, -0.05) is 13.0 Å². The molecular formula is C13H19N3O2. The Bertz CT molecular complexity index is 383. The number of likely N-dealkylation sites (N-methyl/N-ethyl adjacent to an activating group) is 1. The molecule has 2 heterocycles. The van der Waals surface area contributed by atoms with Crippen LogP contribution >= 0.6 is 0 Å². The zero-order valence-corrected chi connectivity index (χ0v) is 10.6. The van der Waals surface area contributed by atoms with Gasteiger partial charge >= 0.3 is 0 Å². The molecule has 0 aromatic carbocycles. The van der Waals surface area contributed by atoms with Gasteiger partial charge in [-0.15, -0.1) is 0 Å². The summed E-state index contributed by atoms with van der Waals surface area (Å²) in [5, 5.41) is 2.88. The van der Waals surface area contributed by atoms with Crippen LogP contribution in [-0.4, -0.2) is 48.1 Å². The summed E-state index contributed by atoms with van der Waals surface area (Å²) in [6.07, 6.45) is 3.12. The molecule has 1 aliphatic rings. The Labute approximate surface area is 107 Å². The molecule has 1 N–H and O–H groups in total. The van der Waals surface area contributed by atoms with Crippen LogP contribution in [0.1, 0.15) is 12.5 Å². The van der Waals surface area contributed by atoms with Crippen molar-refractivity contribution in [2.24, 2.45) is 0 Å². The lowest BCUT2D eigenvalue weighted by Gasteiger charge is -2.31. The Balaban J connectivity index is 1.81. The number of nitrogens with zero attached hydrogens (tertiary/aromatic N) is 2. The highest BCUT2D eigenvalue weighted by atomic mass is 16.5. The molecule has 5 nitrogen and oxygen atoms in total. The summed E-state index contributed by atoms with van der Waals surface area (Å²) in [6, 6.07) is 3.80. The number of pyridine rings is 1. The monoisotopic (exact) mass is 249 g/mol. The molecule has 0 spiro atoms. The van der Waals surface area contributed by atoms with Crippen molar-refractivity contribution in [2.45, 2.75) is 19.6 Å². The molecule has 0 saturated carbocycles. The molecule has 1 amide bonds. The van der Waals surface area contributed by atoms with Gasteiger partial charge in [-0.05, 0) is 18.2 Å². The fourth-order valence-electron chi connectivity index (χ4n) is 1.95. The molecule has 0 radical (unpaired) electrons. The minimum absolute atomic E-state index is 0.0444. The van der Waals surface area contributed by atoms with E-state index in [-0.39, 0.29) is 12.0 Å². The SMILES string of the molecule is CCN1CCOC(C(=O)NCc2cccnc2)C1. The Morgan fingerprint density at radius 2 is 2.56 bits per heavy atom. The molecule has 1 aromatic rings. The number of morpholine rings is 1. The predicted molar refractivity (Wildman–Crippen MR) is 67.9 cm³/mol. The molecular weight excluding hydrogens is 230 g/mol. The van der Waals surface area contributed by atoms with Crippen molar-refractivity contribution in [3.05, 3.63) is 30.1 Å². The van der Waals surface area contributed by atoms with Gasteiger partial charge in [-0.2, -0.15) is 0 Å². The lowest BCUT2D eigenvalue weighted by Crippen LogP contribution is -2.49. The predicted octanol–water partition coefficient (Wildman–Crippen LogP) is 0.418. The van der Waals surface area contributed by atoms with Crippen LogP contribution in [0.5, 0.6) is 0 Å². The Morgan fingerprint density at radius 3 is 3.28 bits per heavy atom. The van der Waals surface area contributed by atoms with Crippen molar-refractivity contribution in [1.82, 2.24) is 15.2 Å². The van der Waals surface area contributed by atoms with Crippen LogP contribution in [-0.2, 0) is 16.1 Å². The van der Waals surface area contributed by atoms with Crippen molar-refractivity contribution in [3.8, 4) is 0 Å². The first-order valence-corrected chi connectivity index (χ1v) is 6.30. The van der Waals surface area contributed by atoms with Gasteiger partial charge in [0, 0.05) is 32.0 Å². The van der Waals surface area contributed by atoms with E-state index in [1.165, 1.54) is 0 Å². The third-order valence-corrected chi connectivity index (χ3v) is 3.08. The number of carbonyl (C=O) groups excluding carboxylic acids is 1. The second-order valence-corrected chi connectivity index (χ2v) is 4.33. The summed E-state index contributed by atoms with van der Waals surface area (Å²) in [6.45, 7) is 5.75. The molecule has 1 fully saturated rings. The van der Waals surface area contributed by atoms with Crippen molar-refractivity contribution >= 4 is 5.91 Å². The number of ether oxygens (including phenoxy) is 1. The first-order valence-electron chi connectivity index (χ1n) is 6.30. The van der Waals surface area contributed by atoms with Gasteiger partial charge in [0.15, 0.2) is 0 Å². The van der Waals surface area contributed by atoms with Gasteiger partial charge in [0.1, 0.15) is 6.10 Å². The van der Waals surface area contributed by atoms with E-state index in [9.17, 15) is 4.79 Å². The van der Waals surface area contributed by atoms with Crippen molar-refractivity contribution in [1.29, 1.82) is 0 Å². The molecule has 1 unspecified atom stereocenters. The number of aromatic nitrogens is 1. The van der Waals surface area contributed by atoms with Crippen LogP contribution in [0.25, 0.3) is 0 Å². The molecule has 0 aliphatic carbocycles. The van der Waals surface area contributed by atoms with Crippen LogP contribution in [0.2, 0.25) is 0 Å². The van der Waals surface area contributed by atoms with Gasteiger partial charge in [0.2, 0.25) is 0 Å². The third kappa shape index (κ3) is 3.51. The lowest BCUT2D eigenvalue weighted by molar-refractivity contribution is -0.138. The summed E-state index contributed by atoms with van der Waals surface area (Å²) >= 11 is 0. The number of rotatable bonds is 4. The Morgan fingerprint density at radius 1 is 1.67 bits per heavy atom. The quantitative estimate of drug-likeness (QED) is 0.840. The molecule has 18 heavy (non-hydrogen) atoms. The highest BCUT2D eigenvalue weighted by molar-refractivity contribution is 5.81. The van der Waals surface area contributed by atoms with Crippen molar-refractivity contribution < 1.29 is 9.53 Å². The van der Waals surface area contributed by atoms with Crippen molar-refractivity contribution in [3.63, 3.8) is 0 Å². The summed E-state index contributed by atoms with van der Waals surface area (Å²) < 4.78 is 5.49. The maximum atomic E-state index is 11.9. The van der Waals surface area contributed by atoms with E-state index in [1.807, 2.05) is 12.1 Å². The van der Waals surface area contributed by atoms with Crippen molar-refractivity contribution in [2.75, 3.05) is 26.2 Å². The third-order valence-electron chi connectivity index (χ3n) is 3.08. The molecule has 2 rings (SSSR count). The van der Waals surface area contributed by atoms with Crippen LogP contribution in [0.4, 0.5) is 0 Å². The smallest absolute Gasteiger partial charge is 0.250 e. The van der Waals surface area contributed by atoms with E-state index in [0.717, 1.165) is 18.7 Å².